The molecule has 0 bridgehead atoms. The van der Waals surface area contributed by atoms with E-state index in [1.807, 2.05) is 0 Å². The highest BCUT2D eigenvalue weighted by Crippen LogP contribution is 2.61. The third-order valence-corrected chi connectivity index (χ3v) is 3.30. The van der Waals surface area contributed by atoms with E-state index < -0.39 is 48.1 Å². The van der Waals surface area contributed by atoms with Gasteiger partial charge in [0.15, 0.2) is 0 Å². The monoisotopic (exact) mass is 390 g/mol. The largest absolute Gasteiger partial charge is 0.460 e. The molecule has 0 aliphatic rings. The summed E-state index contributed by atoms with van der Waals surface area (Å²) in [5, 5.41) is 0. The summed E-state index contributed by atoms with van der Waals surface area (Å²) in [4.78, 5) is 0. The minimum atomic E-state index is -7.82. The van der Waals surface area contributed by atoms with Gasteiger partial charge in [0.2, 0.25) is 0 Å². The molecule has 24 heavy (non-hydrogen) atoms. The topological polar surface area (TPSA) is 0 Å². The molecular formula is C11H11F13. The van der Waals surface area contributed by atoms with Gasteiger partial charge >= 0.3 is 35.8 Å². The van der Waals surface area contributed by atoms with E-state index in [-0.39, 0.29) is 13.3 Å². The van der Waals surface area contributed by atoms with E-state index in [1.54, 1.807) is 0 Å². The van der Waals surface area contributed by atoms with Crippen LogP contribution in [0.2, 0.25) is 0 Å². The maximum atomic E-state index is 13.4. The first-order valence-electron chi connectivity index (χ1n) is 6.19. The highest BCUT2D eigenvalue weighted by molar-refractivity contribution is 5.10. The lowest BCUT2D eigenvalue weighted by Gasteiger charge is -2.41. The molecule has 0 N–H and O–H groups in total. The maximum absolute atomic E-state index is 13.4. The van der Waals surface area contributed by atoms with Crippen molar-refractivity contribution in [2.75, 3.05) is 0 Å². The zero-order valence-corrected chi connectivity index (χ0v) is 11.9. The zero-order valence-electron chi connectivity index (χ0n) is 11.9. The summed E-state index contributed by atoms with van der Waals surface area (Å²) in [6.45, 7) is 1.38. The Morgan fingerprint density at radius 1 is 0.583 bits per heavy atom. The Labute approximate surface area is 127 Å². The van der Waals surface area contributed by atoms with Crippen molar-refractivity contribution in [1.82, 2.24) is 0 Å². The molecule has 0 saturated carbocycles. The molecule has 0 amide bonds. The molecule has 0 saturated heterocycles. The predicted octanol–water partition coefficient (Wildman–Crippen LogP) is 6.16. The fourth-order valence-electron chi connectivity index (χ4n) is 1.71. The molecule has 0 heterocycles. The van der Waals surface area contributed by atoms with Gasteiger partial charge < -0.3 is 0 Å². The van der Waals surface area contributed by atoms with Crippen LogP contribution >= 0.6 is 0 Å². The fraction of sp³-hybridized carbons (Fsp3) is 1.00. The summed E-state index contributed by atoms with van der Waals surface area (Å²) in [5.74, 6) is -39.0. The van der Waals surface area contributed by atoms with Gasteiger partial charge in [-0.1, -0.05) is 20.3 Å². The molecule has 13 heteroatoms. The first-order chi connectivity index (χ1) is 10.2. The number of halogens is 13. The highest BCUT2D eigenvalue weighted by atomic mass is 19.4. The lowest BCUT2D eigenvalue weighted by atomic mass is 9.86. The van der Waals surface area contributed by atoms with Crippen molar-refractivity contribution in [2.45, 2.75) is 62.5 Å². The zero-order chi connectivity index (χ0) is 20.0. The second-order valence-corrected chi connectivity index (χ2v) is 5.11. The number of alkyl halides is 13. The third kappa shape index (κ3) is 3.02. The number of rotatable bonds is 7. The Balaban J connectivity index is 6.20. The Morgan fingerprint density at radius 2 is 0.917 bits per heavy atom. The molecule has 0 aromatic rings. The molecule has 1 atom stereocenters. The van der Waals surface area contributed by atoms with E-state index in [0.29, 0.717) is 0 Å². The summed E-state index contributed by atoms with van der Waals surface area (Å²) in [6, 6.07) is 0. The van der Waals surface area contributed by atoms with E-state index >= 15 is 0 Å². The van der Waals surface area contributed by atoms with E-state index in [2.05, 4.69) is 0 Å². The smallest absolute Gasteiger partial charge is 0.199 e. The van der Waals surface area contributed by atoms with Crippen LogP contribution in [0, 0.1) is 5.92 Å². The van der Waals surface area contributed by atoms with Crippen molar-refractivity contribution >= 4 is 0 Å². The number of hydrogen-bond donors (Lipinski definition) is 0. The molecule has 0 fully saturated rings. The molecule has 0 aromatic heterocycles. The van der Waals surface area contributed by atoms with Crippen LogP contribution in [0.3, 0.4) is 0 Å². The van der Waals surface area contributed by atoms with E-state index in [9.17, 15) is 57.1 Å². The van der Waals surface area contributed by atoms with Crippen molar-refractivity contribution in [2.24, 2.45) is 5.92 Å². The van der Waals surface area contributed by atoms with Crippen molar-refractivity contribution in [3.63, 3.8) is 0 Å². The number of hydrogen-bond acceptors (Lipinski definition) is 0. The quantitative estimate of drug-likeness (QED) is 0.457. The van der Waals surface area contributed by atoms with Crippen LogP contribution in [0.4, 0.5) is 57.1 Å². The first kappa shape index (κ1) is 23.1. The SMILES string of the molecule is CCCC(C)C(F)(F)C(F)(F)C(F)(F)C(F)(F)C(F)(F)C(F)(F)F. The Kier molecular flexibility index (Phi) is 5.88. The van der Waals surface area contributed by atoms with Crippen molar-refractivity contribution in [3.8, 4) is 0 Å². The molecule has 0 aliphatic carbocycles. The Morgan fingerprint density at radius 3 is 1.21 bits per heavy atom. The second kappa shape index (κ2) is 6.11. The van der Waals surface area contributed by atoms with Gasteiger partial charge in [-0.2, -0.15) is 57.1 Å². The van der Waals surface area contributed by atoms with Gasteiger partial charge in [-0.3, -0.25) is 0 Å². The van der Waals surface area contributed by atoms with Gasteiger partial charge in [0, 0.05) is 5.92 Å². The molecule has 0 radical (unpaired) electrons. The lowest BCUT2D eigenvalue weighted by molar-refractivity contribution is -0.443. The van der Waals surface area contributed by atoms with Crippen LogP contribution in [0.5, 0.6) is 0 Å². The summed E-state index contributed by atoms with van der Waals surface area (Å²) in [6.07, 6.45) is -8.58. The molecule has 0 spiro atoms. The van der Waals surface area contributed by atoms with Crippen LogP contribution in [0.15, 0.2) is 0 Å². The molecule has 1 unspecified atom stereocenters. The summed E-state index contributed by atoms with van der Waals surface area (Å²) < 4.78 is 166. The van der Waals surface area contributed by atoms with Gasteiger partial charge in [0.05, 0.1) is 0 Å². The van der Waals surface area contributed by atoms with E-state index in [0.717, 1.165) is 6.92 Å². The van der Waals surface area contributed by atoms with Gasteiger partial charge in [0.25, 0.3) is 0 Å². The maximum Gasteiger partial charge on any atom is 0.460 e. The Hall–Kier alpha value is -0.910. The average Bonchev–Trinajstić information content (AvgIpc) is 2.36. The standard InChI is InChI=1S/C11H11F13/c1-3-4-5(2)6(12,13)7(14,15)8(16,17)9(18,19)10(20,21)11(22,23)24/h5H,3-4H2,1-2H3. The minimum Gasteiger partial charge on any atom is -0.199 e. The van der Waals surface area contributed by atoms with Gasteiger partial charge in [-0.15, -0.1) is 0 Å². The van der Waals surface area contributed by atoms with Crippen LogP contribution in [-0.4, -0.2) is 35.8 Å². The average molecular weight is 390 g/mol. The Bertz CT molecular complexity index is 434. The molecule has 0 rings (SSSR count). The predicted molar refractivity (Wildman–Crippen MR) is 54.9 cm³/mol. The normalized spacial score (nSPS) is 17.1. The van der Waals surface area contributed by atoms with Crippen LogP contribution in [0.1, 0.15) is 26.7 Å². The molecular weight excluding hydrogens is 379 g/mol. The van der Waals surface area contributed by atoms with Gasteiger partial charge in [0.1, 0.15) is 0 Å². The van der Waals surface area contributed by atoms with Gasteiger partial charge in [-0.05, 0) is 6.42 Å². The van der Waals surface area contributed by atoms with Crippen molar-refractivity contribution in [1.29, 1.82) is 0 Å². The van der Waals surface area contributed by atoms with Crippen LogP contribution < -0.4 is 0 Å². The fourth-order valence-corrected chi connectivity index (χ4v) is 1.71. The van der Waals surface area contributed by atoms with E-state index in [1.165, 1.54) is 0 Å². The summed E-state index contributed by atoms with van der Waals surface area (Å²) in [7, 11) is 0. The summed E-state index contributed by atoms with van der Waals surface area (Å²) >= 11 is 0. The first-order valence-corrected chi connectivity index (χ1v) is 6.19. The molecule has 0 nitrogen and oxygen atoms in total. The molecule has 146 valence electrons. The van der Waals surface area contributed by atoms with E-state index in [4.69, 9.17) is 0 Å². The van der Waals surface area contributed by atoms with Gasteiger partial charge in [-0.25, -0.2) is 0 Å². The molecule has 0 aromatic carbocycles. The third-order valence-electron chi connectivity index (χ3n) is 3.30. The summed E-state index contributed by atoms with van der Waals surface area (Å²) in [5.41, 5.74) is 0. The van der Waals surface area contributed by atoms with Crippen LogP contribution in [0.25, 0.3) is 0 Å². The van der Waals surface area contributed by atoms with Crippen molar-refractivity contribution < 1.29 is 57.1 Å². The van der Waals surface area contributed by atoms with Crippen LogP contribution in [-0.2, 0) is 0 Å². The molecule has 0 aliphatic heterocycles. The second-order valence-electron chi connectivity index (χ2n) is 5.11. The lowest BCUT2D eigenvalue weighted by Crippen LogP contribution is -2.70. The minimum absolute atomic E-state index is 0.244. The highest BCUT2D eigenvalue weighted by Gasteiger charge is 2.90. The van der Waals surface area contributed by atoms with Crippen molar-refractivity contribution in [3.05, 3.63) is 0 Å².